The van der Waals surface area contributed by atoms with Gasteiger partial charge in [-0.2, -0.15) is 0 Å². The van der Waals surface area contributed by atoms with Gasteiger partial charge in [-0.25, -0.2) is 9.18 Å². The van der Waals surface area contributed by atoms with E-state index in [0.717, 1.165) is 0 Å². The maximum atomic E-state index is 13.5. The minimum Gasteiger partial charge on any atom is -0.461 e. The smallest absolute Gasteiger partial charge is 0.361 e. The number of benzene rings is 1. The molecule has 0 aliphatic heterocycles. The number of oxime groups is 1. The van der Waals surface area contributed by atoms with Crippen molar-refractivity contribution in [2.75, 3.05) is 6.61 Å². The van der Waals surface area contributed by atoms with Gasteiger partial charge in [-0.05, 0) is 25.1 Å². The summed E-state index contributed by atoms with van der Waals surface area (Å²) in [7, 11) is 0. The lowest BCUT2D eigenvalue weighted by Gasteiger charge is -2.05. The SMILES string of the molecule is CCOC(=O)C(=NO)c1ccc(Br)cc1F. The van der Waals surface area contributed by atoms with Crippen molar-refractivity contribution in [3.63, 3.8) is 0 Å². The van der Waals surface area contributed by atoms with E-state index in [2.05, 4.69) is 25.8 Å². The van der Waals surface area contributed by atoms with Crippen molar-refractivity contribution in [3.8, 4) is 0 Å². The van der Waals surface area contributed by atoms with Crippen LogP contribution in [0.25, 0.3) is 0 Å². The summed E-state index contributed by atoms with van der Waals surface area (Å²) in [4.78, 5) is 11.3. The molecule has 0 spiro atoms. The summed E-state index contributed by atoms with van der Waals surface area (Å²) in [5, 5.41) is 11.4. The molecule has 1 N–H and O–H groups in total. The molecule has 0 aliphatic carbocycles. The Morgan fingerprint density at radius 1 is 1.62 bits per heavy atom. The maximum Gasteiger partial charge on any atom is 0.361 e. The predicted molar refractivity (Wildman–Crippen MR) is 59.1 cm³/mol. The molecule has 0 atom stereocenters. The third-order valence-corrected chi connectivity index (χ3v) is 2.25. The molecule has 0 radical (unpaired) electrons. The largest absolute Gasteiger partial charge is 0.461 e. The van der Waals surface area contributed by atoms with Crippen LogP contribution >= 0.6 is 15.9 Å². The van der Waals surface area contributed by atoms with Crippen LogP contribution in [0.5, 0.6) is 0 Å². The number of carbonyl (C=O) groups excluding carboxylic acids is 1. The number of carbonyl (C=O) groups is 1. The van der Waals surface area contributed by atoms with E-state index in [1.165, 1.54) is 18.2 Å². The van der Waals surface area contributed by atoms with Crippen molar-refractivity contribution in [3.05, 3.63) is 34.1 Å². The molecule has 4 nitrogen and oxygen atoms in total. The summed E-state index contributed by atoms with van der Waals surface area (Å²) in [6.45, 7) is 1.72. The zero-order valence-corrected chi connectivity index (χ0v) is 9.99. The number of halogens is 2. The Kier molecular flexibility index (Phi) is 4.42. The summed E-state index contributed by atoms with van der Waals surface area (Å²) < 4.78 is 18.6. The second-order valence-corrected chi connectivity index (χ2v) is 3.71. The molecule has 16 heavy (non-hydrogen) atoms. The Morgan fingerprint density at radius 3 is 2.81 bits per heavy atom. The topological polar surface area (TPSA) is 58.9 Å². The fourth-order valence-corrected chi connectivity index (χ4v) is 1.42. The van der Waals surface area contributed by atoms with Crippen molar-refractivity contribution in [2.45, 2.75) is 6.92 Å². The molecule has 1 rings (SSSR count). The van der Waals surface area contributed by atoms with Gasteiger partial charge in [0.1, 0.15) is 5.82 Å². The van der Waals surface area contributed by atoms with Gasteiger partial charge in [0.15, 0.2) is 5.71 Å². The summed E-state index contributed by atoms with van der Waals surface area (Å²) in [6.07, 6.45) is 0. The molecule has 0 amide bonds. The molecule has 0 saturated carbocycles. The van der Waals surface area contributed by atoms with Gasteiger partial charge in [0.05, 0.1) is 6.61 Å². The van der Waals surface area contributed by atoms with Crippen molar-refractivity contribution < 1.29 is 19.1 Å². The number of nitrogens with zero attached hydrogens (tertiary/aromatic N) is 1. The Labute approximate surface area is 99.8 Å². The molecule has 1 aromatic carbocycles. The molecule has 0 heterocycles. The highest BCUT2D eigenvalue weighted by molar-refractivity contribution is 9.10. The minimum atomic E-state index is -0.869. The van der Waals surface area contributed by atoms with E-state index in [9.17, 15) is 9.18 Å². The minimum absolute atomic E-state index is 0.107. The molecular weight excluding hydrogens is 281 g/mol. The van der Waals surface area contributed by atoms with Crippen molar-refractivity contribution in [2.24, 2.45) is 5.16 Å². The van der Waals surface area contributed by atoms with E-state index in [0.29, 0.717) is 4.47 Å². The van der Waals surface area contributed by atoms with Crippen LogP contribution in [0.2, 0.25) is 0 Å². The summed E-state index contributed by atoms with van der Waals surface area (Å²) in [5.41, 5.74) is -0.559. The van der Waals surface area contributed by atoms with Crippen LogP contribution in [0, 0.1) is 5.82 Å². The van der Waals surface area contributed by atoms with Crippen LogP contribution in [0.1, 0.15) is 12.5 Å². The zero-order chi connectivity index (χ0) is 12.1. The van der Waals surface area contributed by atoms with Gasteiger partial charge in [-0.3, -0.25) is 0 Å². The van der Waals surface area contributed by atoms with Crippen LogP contribution < -0.4 is 0 Å². The van der Waals surface area contributed by atoms with Gasteiger partial charge in [-0.1, -0.05) is 21.1 Å². The summed E-state index contributed by atoms with van der Waals surface area (Å²) in [5.74, 6) is -1.54. The van der Waals surface area contributed by atoms with Crippen molar-refractivity contribution in [1.29, 1.82) is 0 Å². The molecule has 0 unspecified atom stereocenters. The van der Waals surface area contributed by atoms with E-state index >= 15 is 0 Å². The Morgan fingerprint density at radius 2 is 2.31 bits per heavy atom. The van der Waals surface area contributed by atoms with E-state index < -0.39 is 17.5 Å². The number of esters is 1. The molecule has 0 aliphatic rings. The van der Waals surface area contributed by atoms with Gasteiger partial charge >= 0.3 is 5.97 Å². The first-order valence-electron chi connectivity index (χ1n) is 4.44. The van der Waals surface area contributed by atoms with E-state index in [1.807, 2.05) is 0 Å². The van der Waals surface area contributed by atoms with Gasteiger partial charge in [-0.15, -0.1) is 0 Å². The highest BCUT2D eigenvalue weighted by Gasteiger charge is 2.19. The normalized spacial score (nSPS) is 11.3. The molecule has 0 bridgehead atoms. The average molecular weight is 290 g/mol. The van der Waals surface area contributed by atoms with E-state index in [1.54, 1.807) is 6.92 Å². The van der Waals surface area contributed by atoms with Gasteiger partial charge in [0.2, 0.25) is 0 Å². The first-order chi connectivity index (χ1) is 7.60. The van der Waals surface area contributed by atoms with Crippen molar-refractivity contribution in [1.82, 2.24) is 0 Å². The fourth-order valence-electron chi connectivity index (χ4n) is 1.09. The Hall–Kier alpha value is -1.43. The molecule has 86 valence electrons. The monoisotopic (exact) mass is 289 g/mol. The second-order valence-electron chi connectivity index (χ2n) is 2.79. The molecule has 0 fully saturated rings. The van der Waals surface area contributed by atoms with Crippen LogP contribution in [-0.2, 0) is 9.53 Å². The number of ether oxygens (including phenoxy) is 1. The zero-order valence-electron chi connectivity index (χ0n) is 8.41. The van der Waals surface area contributed by atoms with Gasteiger partial charge < -0.3 is 9.94 Å². The lowest BCUT2D eigenvalue weighted by Crippen LogP contribution is -2.20. The van der Waals surface area contributed by atoms with E-state index in [-0.39, 0.29) is 12.2 Å². The molecule has 6 heteroatoms. The fraction of sp³-hybridized carbons (Fsp3) is 0.200. The quantitative estimate of drug-likeness (QED) is 0.402. The third kappa shape index (κ3) is 2.79. The molecule has 1 aromatic rings. The lowest BCUT2D eigenvalue weighted by molar-refractivity contribution is -0.135. The van der Waals surface area contributed by atoms with Crippen LogP contribution in [0.3, 0.4) is 0 Å². The van der Waals surface area contributed by atoms with Crippen LogP contribution in [0.4, 0.5) is 4.39 Å². The average Bonchev–Trinajstić information content (AvgIpc) is 2.22. The standard InChI is InChI=1S/C10H9BrFNO3/c1-2-16-10(14)9(13-15)7-4-3-6(11)5-8(7)12/h3-5,15H,2H2,1H3. The Balaban J connectivity index is 3.10. The lowest BCUT2D eigenvalue weighted by atomic mass is 10.1. The third-order valence-electron chi connectivity index (χ3n) is 1.76. The molecule has 0 saturated heterocycles. The van der Waals surface area contributed by atoms with Gasteiger partial charge in [0.25, 0.3) is 0 Å². The predicted octanol–water partition coefficient (Wildman–Crippen LogP) is 2.33. The highest BCUT2D eigenvalue weighted by Crippen LogP contribution is 2.16. The molecule has 0 aromatic heterocycles. The number of hydrogen-bond acceptors (Lipinski definition) is 4. The van der Waals surface area contributed by atoms with Crippen molar-refractivity contribution >= 4 is 27.6 Å². The second kappa shape index (κ2) is 5.60. The van der Waals surface area contributed by atoms with Crippen LogP contribution in [-0.4, -0.2) is 23.5 Å². The number of hydrogen-bond donors (Lipinski definition) is 1. The van der Waals surface area contributed by atoms with E-state index in [4.69, 9.17) is 5.21 Å². The summed E-state index contributed by atoms with van der Waals surface area (Å²) >= 11 is 3.08. The first-order valence-corrected chi connectivity index (χ1v) is 5.24. The van der Waals surface area contributed by atoms with Crippen LogP contribution in [0.15, 0.2) is 27.8 Å². The summed E-state index contributed by atoms with van der Waals surface area (Å²) in [6, 6.07) is 4.02. The maximum absolute atomic E-state index is 13.5. The van der Waals surface area contributed by atoms with Gasteiger partial charge in [0, 0.05) is 10.0 Å². The highest BCUT2D eigenvalue weighted by atomic mass is 79.9. The molecular formula is C10H9BrFNO3. The Bertz CT molecular complexity index is 434. The number of rotatable bonds is 3. The first kappa shape index (κ1) is 12.6.